The Labute approximate surface area is 204 Å². The number of carbonyl (C=O) groups is 2. The second kappa shape index (κ2) is 8.36. The van der Waals surface area contributed by atoms with Gasteiger partial charge in [-0.25, -0.2) is 4.79 Å². The lowest BCUT2D eigenvalue weighted by atomic mass is 9.62. The molecule has 186 valence electrons. The Kier molecular flexibility index (Phi) is 5.57. The van der Waals surface area contributed by atoms with Gasteiger partial charge in [0.15, 0.2) is 17.3 Å². The van der Waals surface area contributed by atoms with Crippen LogP contribution in [-0.2, 0) is 29.2 Å². The van der Waals surface area contributed by atoms with Gasteiger partial charge in [-0.1, -0.05) is 19.9 Å². The van der Waals surface area contributed by atoms with Crippen molar-refractivity contribution in [1.29, 1.82) is 0 Å². The van der Waals surface area contributed by atoms with Crippen molar-refractivity contribution in [2.45, 2.75) is 45.6 Å². The van der Waals surface area contributed by atoms with E-state index >= 15 is 0 Å². The minimum absolute atomic E-state index is 0.0450. The van der Waals surface area contributed by atoms with Crippen LogP contribution in [0.3, 0.4) is 0 Å². The summed E-state index contributed by atoms with van der Waals surface area (Å²) in [5.41, 5.74) is 1.59. The summed E-state index contributed by atoms with van der Waals surface area (Å²) in [6.45, 7) is 7.81. The van der Waals surface area contributed by atoms with Gasteiger partial charge in [0.2, 0.25) is 24.1 Å². The number of hydrogen-bond acceptors (Lipinski definition) is 8. The first-order valence-electron chi connectivity index (χ1n) is 11.8. The number of ketones is 1. The highest BCUT2D eigenvalue weighted by molar-refractivity contribution is 6.08. The summed E-state index contributed by atoms with van der Waals surface area (Å²) in [7, 11) is 2.98. The van der Waals surface area contributed by atoms with Crippen molar-refractivity contribution in [2.75, 3.05) is 27.6 Å². The lowest BCUT2D eigenvalue weighted by molar-refractivity contribution is -0.148. The number of methoxy groups -OCH3 is 2. The molecule has 4 atom stereocenters. The summed E-state index contributed by atoms with van der Waals surface area (Å²) in [5, 5.41) is 0. The third-order valence-corrected chi connectivity index (χ3v) is 7.82. The summed E-state index contributed by atoms with van der Waals surface area (Å²) in [6, 6.07) is 1.84. The molecule has 0 unspecified atom stereocenters. The fraction of sp³-hybridized carbons (Fsp3) is 0.481. The van der Waals surface area contributed by atoms with Crippen molar-refractivity contribution >= 4 is 11.8 Å². The van der Waals surface area contributed by atoms with Crippen molar-refractivity contribution in [2.24, 2.45) is 11.8 Å². The van der Waals surface area contributed by atoms with Gasteiger partial charge >= 0.3 is 5.97 Å². The van der Waals surface area contributed by atoms with Crippen LogP contribution in [0.5, 0.6) is 17.2 Å². The van der Waals surface area contributed by atoms with E-state index in [1.165, 1.54) is 14.2 Å². The van der Waals surface area contributed by atoms with Gasteiger partial charge in [0.1, 0.15) is 18.1 Å². The predicted octanol–water partition coefficient (Wildman–Crippen LogP) is 4.29. The van der Waals surface area contributed by atoms with E-state index in [1.54, 1.807) is 19.9 Å². The first-order valence-corrected chi connectivity index (χ1v) is 11.8. The lowest BCUT2D eigenvalue weighted by Crippen LogP contribution is -2.46. The van der Waals surface area contributed by atoms with Crippen molar-refractivity contribution in [3.8, 4) is 17.2 Å². The monoisotopic (exact) mass is 482 g/mol. The Morgan fingerprint density at radius 2 is 1.91 bits per heavy atom. The molecular weight excluding hydrogens is 452 g/mol. The van der Waals surface area contributed by atoms with Crippen molar-refractivity contribution in [3.05, 3.63) is 52.0 Å². The fourth-order valence-corrected chi connectivity index (χ4v) is 5.51. The van der Waals surface area contributed by atoms with Crippen LogP contribution in [0.15, 0.2) is 40.9 Å². The zero-order valence-corrected chi connectivity index (χ0v) is 20.9. The molecule has 0 radical (unpaired) electrons. The number of benzene rings is 1. The molecule has 2 heterocycles. The predicted molar refractivity (Wildman–Crippen MR) is 125 cm³/mol. The molecule has 2 aliphatic heterocycles. The molecule has 4 aliphatic rings. The zero-order valence-electron chi connectivity index (χ0n) is 20.9. The minimum atomic E-state index is -1.15. The Bertz CT molecular complexity index is 1210. The molecular formula is C27H30O8. The third-order valence-electron chi connectivity index (χ3n) is 7.82. The summed E-state index contributed by atoms with van der Waals surface area (Å²) in [4.78, 5) is 27.1. The van der Waals surface area contributed by atoms with E-state index in [0.717, 1.165) is 5.57 Å². The molecule has 1 aromatic rings. The van der Waals surface area contributed by atoms with Gasteiger partial charge in [-0.15, -0.1) is 0 Å². The van der Waals surface area contributed by atoms with Gasteiger partial charge < -0.3 is 28.4 Å². The standard InChI is InChI=1S/C27H30O8/c1-7-13(2)26(29)35-21-15(4)14(3)8-16-9-18(30-5)23(31-6)25(28)27(16)11-32-24-20(27)17(21)10-19-22(24)34-12-33-19/h7,9-10,14-15,21H,8,11-12H2,1-6H3/t14-,15-,21-,27+/m1/s1. The van der Waals surface area contributed by atoms with E-state index in [-0.39, 0.29) is 36.8 Å². The van der Waals surface area contributed by atoms with E-state index in [9.17, 15) is 9.59 Å². The molecule has 5 rings (SSSR count). The molecule has 8 heteroatoms. The van der Waals surface area contributed by atoms with E-state index in [4.69, 9.17) is 28.4 Å². The van der Waals surface area contributed by atoms with Crippen LogP contribution in [-0.4, -0.2) is 39.4 Å². The van der Waals surface area contributed by atoms with E-state index < -0.39 is 17.5 Å². The largest absolute Gasteiger partial charge is 0.493 e. The SMILES string of the molecule is CC=C(C)C(=O)O[C@H]1c2cc3c(c4c2[C@@]2(CO4)C(=O)C(OC)=C(OC)C=C2C[C@@H](C)[C@H]1C)OCO3. The average Bonchev–Trinajstić information content (AvgIpc) is 3.48. The first-order chi connectivity index (χ1) is 16.8. The Morgan fingerprint density at radius 1 is 1.14 bits per heavy atom. The van der Waals surface area contributed by atoms with Gasteiger partial charge in [0, 0.05) is 22.6 Å². The highest BCUT2D eigenvalue weighted by Crippen LogP contribution is 2.61. The molecule has 0 aromatic heterocycles. The highest BCUT2D eigenvalue weighted by atomic mass is 16.7. The number of Topliss-reactive ketones (excluding diaryl/α,β-unsaturated/α-hetero) is 1. The quantitative estimate of drug-likeness (QED) is 0.464. The molecule has 35 heavy (non-hydrogen) atoms. The molecule has 0 N–H and O–H groups in total. The number of allylic oxidation sites excluding steroid dienone is 3. The molecule has 0 saturated heterocycles. The normalized spacial score (nSPS) is 28.9. The summed E-state index contributed by atoms with van der Waals surface area (Å²) < 4.78 is 34.9. The van der Waals surface area contributed by atoms with Crippen LogP contribution >= 0.6 is 0 Å². The van der Waals surface area contributed by atoms with Crippen LogP contribution in [0, 0.1) is 11.8 Å². The molecule has 8 nitrogen and oxygen atoms in total. The number of hydrogen-bond donors (Lipinski definition) is 0. The van der Waals surface area contributed by atoms with E-state index in [1.807, 2.05) is 12.1 Å². The van der Waals surface area contributed by atoms with E-state index in [2.05, 4.69) is 13.8 Å². The van der Waals surface area contributed by atoms with Gasteiger partial charge in [-0.3, -0.25) is 4.79 Å². The van der Waals surface area contributed by atoms with Crippen LogP contribution in [0.2, 0.25) is 0 Å². The Balaban J connectivity index is 1.80. The Hall–Kier alpha value is -3.42. The smallest absolute Gasteiger partial charge is 0.333 e. The van der Waals surface area contributed by atoms with Crippen LogP contribution in [0.4, 0.5) is 0 Å². The topological polar surface area (TPSA) is 89.5 Å². The average molecular weight is 483 g/mol. The molecule has 1 aromatic carbocycles. The maximum absolute atomic E-state index is 14.2. The Morgan fingerprint density at radius 3 is 2.60 bits per heavy atom. The number of ether oxygens (including phenoxy) is 6. The summed E-state index contributed by atoms with van der Waals surface area (Å²) >= 11 is 0. The van der Waals surface area contributed by atoms with Gasteiger partial charge in [-0.05, 0) is 43.9 Å². The molecule has 0 fully saturated rings. The number of rotatable bonds is 4. The van der Waals surface area contributed by atoms with E-state index in [0.29, 0.717) is 46.1 Å². The first kappa shape index (κ1) is 23.3. The third kappa shape index (κ3) is 3.18. The van der Waals surface area contributed by atoms with Gasteiger partial charge in [0.05, 0.1) is 14.2 Å². The molecule has 0 bridgehead atoms. The van der Waals surface area contributed by atoms with Gasteiger partial charge in [-0.2, -0.15) is 0 Å². The number of carbonyl (C=O) groups excluding carboxylic acids is 2. The molecule has 1 spiro atoms. The molecule has 0 amide bonds. The van der Waals surface area contributed by atoms with Crippen LogP contribution < -0.4 is 14.2 Å². The lowest BCUT2D eigenvalue weighted by Gasteiger charge is -2.41. The van der Waals surface area contributed by atoms with Gasteiger partial charge in [0.25, 0.3) is 0 Å². The second-order valence-electron chi connectivity index (χ2n) is 9.54. The number of fused-ring (bicyclic) bond motifs is 2. The molecule has 0 saturated carbocycles. The fourth-order valence-electron chi connectivity index (χ4n) is 5.51. The van der Waals surface area contributed by atoms with Crippen molar-refractivity contribution < 1.29 is 38.0 Å². The molecule has 2 aliphatic carbocycles. The highest BCUT2D eigenvalue weighted by Gasteiger charge is 2.59. The van der Waals surface area contributed by atoms with Crippen molar-refractivity contribution in [1.82, 2.24) is 0 Å². The summed E-state index contributed by atoms with van der Waals surface area (Å²) in [5.74, 6) is 1.30. The van der Waals surface area contributed by atoms with Crippen LogP contribution in [0.25, 0.3) is 0 Å². The minimum Gasteiger partial charge on any atom is -0.493 e. The maximum atomic E-state index is 14.2. The zero-order chi connectivity index (χ0) is 25.1. The number of esters is 1. The van der Waals surface area contributed by atoms with Crippen LogP contribution in [0.1, 0.15) is 51.3 Å². The maximum Gasteiger partial charge on any atom is 0.333 e. The van der Waals surface area contributed by atoms with Crippen molar-refractivity contribution in [3.63, 3.8) is 0 Å². The second-order valence-corrected chi connectivity index (χ2v) is 9.54. The summed E-state index contributed by atoms with van der Waals surface area (Å²) in [6.07, 6.45) is 3.58.